The normalized spacial score (nSPS) is 18.1. The lowest BCUT2D eigenvalue weighted by atomic mass is 10.1. The number of imidazole rings is 1. The third-order valence-electron chi connectivity index (χ3n) is 2.32. The maximum Gasteiger partial charge on any atom is 0.203 e. The molecule has 0 radical (unpaired) electrons. The molecule has 12 heavy (non-hydrogen) atoms. The maximum atomic E-state index is 5.67. The summed E-state index contributed by atoms with van der Waals surface area (Å²) in [6, 6.07) is 0.329. The second-order valence-corrected chi connectivity index (χ2v) is 3.44. The van der Waals surface area contributed by atoms with Crippen molar-refractivity contribution in [2.45, 2.75) is 19.9 Å². The minimum absolute atomic E-state index is 0.329. The molecule has 1 saturated heterocycles. The topological polar surface area (TPSA) is 57.9 Å². The van der Waals surface area contributed by atoms with Crippen LogP contribution in [0.4, 0.5) is 5.95 Å². The number of hydrogen-bond donors (Lipinski definition) is 2. The molecule has 0 atom stereocenters. The second kappa shape index (κ2) is 2.48. The molecule has 1 aliphatic rings. The Balaban J connectivity index is 2.14. The van der Waals surface area contributed by atoms with E-state index in [4.69, 9.17) is 5.73 Å². The monoisotopic (exact) mass is 166 g/mol. The van der Waals surface area contributed by atoms with E-state index in [1.165, 1.54) is 0 Å². The third-order valence-corrected chi connectivity index (χ3v) is 2.32. The van der Waals surface area contributed by atoms with Crippen LogP contribution in [0.3, 0.4) is 0 Å². The molecule has 3 N–H and O–H groups in total. The summed E-state index contributed by atoms with van der Waals surface area (Å²) in [4.78, 5) is 9.76. The van der Waals surface area contributed by atoms with Crippen molar-refractivity contribution in [3.63, 3.8) is 0 Å². The molecule has 1 fully saturated rings. The van der Waals surface area contributed by atoms with Gasteiger partial charge in [0.15, 0.2) is 0 Å². The second-order valence-electron chi connectivity index (χ2n) is 3.44. The van der Waals surface area contributed by atoms with Crippen LogP contribution in [0.25, 0.3) is 0 Å². The summed E-state index contributed by atoms with van der Waals surface area (Å²) in [6.45, 7) is 5.89. The van der Waals surface area contributed by atoms with E-state index < -0.39 is 0 Å². The number of aryl methyl sites for hydroxylation is 2. The lowest BCUT2D eigenvalue weighted by Crippen LogP contribution is -2.56. The van der Waals surface area contributed by atoms with Crippen LogP contribution >= 0.6 is 0 Å². The fraction of sp³-hybridized carbons (Fsp3) is 0.625. The van der Waals surface area contributed by atoms with Crippen molar-refractivity contribution in [3.8, 4) is 0 Å². The zero-order valence-corrected chi connectivity index (χ0v) is 7.46. The number of anilines is 1. The Morgan fingerprint density at radius 3 is 2.58 bits per heavy atom. The van der Waals surface area contributed by atoms with E-state index in [1.54, 1.807) is 0 Å². The highest BCUT2D eigenvalue weighted by Crippen LogP contribution is 2.17. The van der Waals surface area contributed by atoms with E-state index in [2.05, 4.69) is 14.9 Å². The average Bonchev–Trinajstić information content (AvgIpc) is 2.26. The van der Waals surface area contributed by atoms with Crippen molar-refractivity contribution < 1.29 is 0 Å². The summed E-state index contributed by atoms with van der Waals surface area (Å²) in [5.41, 5.74) is 7.89. The Hall–Kier alpha value is -1.03. The molecule has 2 heterocycles. The van der Waals surface area contributed by atoms with Crippen LogP contribution in [0.2, 0.25) is 0 Å². The predicted molar refractivity (Wildman–Crippen MR) is 48.3 cm³/mol. The molecule has 2 rings (SSSR count). The van der Waals surface area contributed by atoms with Crippen molar-refractivity contribution >= 4 is 5.95 Å². The summed E-state index contributed by atoms with van der Waals surface area (Å²) in [6.07, 6.45) is 0. The summed E-state index contributed by atoms with van der Waals surface area (Å²) in [5, 5.41) is 0. The van der Waals surface area contributed by atoms with Crippen LogP contribution in [0.15, 0.2) is 0 Å². The lowest BCUT2D eigenvalue weighted by molar-refractivity contribution is 0.510. The number of aromatic amines is 1. The summed E-state index contributed by atoms with van der Waals surface area (Å²) >= 11 is 0. The number of nitrogens with zero attached hydrogens (tertiary/aromatic N) is 2. The van der Waals surface area contributed by atoms with Gasteiger partial charge in [0.1, 0.15) is 0 Å². The minimum Gasteiger partial charge on any atom is -0.339 e. The van der Waals surface area contributed by atoms with Crippen LogP contribution in [0.1, 0.15) is 11.4 Å². The minimum atomic E-state index is 0.329. The van der Waals surface area contributed by atoms with Gasteiger partial charge in [-0.25, -0.2) is 4.98 Å². The average molecular weight is 166 g/mol. The first-order chi connectivity index (χ1) is 5.66. The Bertz CT molecular complexity index is 266. The smallest absolute Gasteiger partial charge is 0.203 e. The summed E-state index contributed by atoms with van der Waals surface area (Å²) in [7, 11) is 0. The quantitative estimate of drug-likeness (QED) is 0.625. The van der Waals surface area contributed by atoms with E-state index in [0.29, 0.717) is 6.04 Å². The van der Waals surface area contributed by atoms with Gasteiger partial charge in [0.05, 0.1) is 5.69 Å². The van der Waals surface area contributed by atoms with Gasteiger partial charge >= 0.3 is 0 Å². The number of nitrogens with one attached hydrogen (secondary N) is 1. The highest BCUT2D eigenvalue weighted by Gasteiger charge is 2.25. The zero-order chi connectivity index (χ0) is 8.72. The Morgan fingerprint density at radius 1 is 1.50 bits per heavy atom. The number of hydrogen-bond acceptors (Lipinski definition) is 3. The maximum absolute atomic E-state index is 5.67. The molecule has 66 valence electrons. The Kier molecular flexibility index (Phi) is 1.58. The van der Waals surface area contributed by atoms with Crippen molar-refractivity contribution in [1.82, 2.24) is 9.97 Å². The summed E-state index contributed by atoms with van der Waals surface area (Å²) in [5.74, 6) is 0.965. The third kappa shape index (κ3) is 1.08. The summed E-state index contributed by atoms with van der Waals surface area (Å²) < 4.78 is 0. The lowest BCUT2D eigenvalue weighted by Gasteiger charge is -2.36. The van der Waals surface area contributed by atoms with E-state index in [9.17, 15) is 0 Å². The molecule has 4 nitrogen and oxygen atoms in total. The van der Waals surface area contributed by atoms with Gasteiger partial charge < -0.3 is 15.6 Å². The highest BCUT2D eigenvalue weighted by molar-refractivity contribution is 5.38. The van der Waals surface area contributed by atoms with Gasteiger partial charge in [-0.3, -0.25) is 0 Å². The SMILES string of the molecule is Cc1nc(N2CC(N)C2)[nH]c1C. The molecule has 0 aliphatic carbocycles. The fourth-order valence-corrected chi connectivity index (χ4v) is 1.36. The number of rotatable bonds is 1. The van der Waals surface area contributed by atoms with Gasteiger partial charge in [0.2, 0.25) is 5.95 Å². The van der Waals surface area contributed by atoms with Crippen LogP contribution in [-0.2, 0) is 0 Å². The van der Waals surface area contributed by atoms with Crippen LogP contribution < -0.4 is 10.6 Å². The zero-order valence-electron chi connectivity index (χ0n) is 7.46. The largest absolute Gasteiger partial charge is 0.339 e. The molecule has 0 bridgehead atoms. The van der Waals surface area contributed by atoms with E-state index in [0.717, 1.165) is 30.4 Å². The van der Waals surface area contributed by atoms with Gasteiger partial charge in [-0.05, 0) is 13.8 Å². The van der Waals surface area contributed by atoms with E-state index >= 15 is 0 Å². The molecule has 1 aliphatic heterocycles. The van der Waals surface area contributed by atoms with E-state index in [1.807, 2.05) is 13.8 Å². The molecule has 4 heteroatoms. The molecule has 0 spiro atoms. The first-order valence-corrected chi connectivity index (χ1v) is 4.20. The number of H-pyrrole nitrogens is 1. The first-order valence-electron chi connectivity index (χ1n) is 4.20. The fourth-order valence-electron chi connectivity index (χ4n) is 1.36. The Labute approximate surface area is 71.8 Å². The predicted octanol–water partition coefficient (Wildman–Crippen LogP) is 0.174. The van der Waals surface area contributed by atoms with Crippen molar-refractivity contribution in [2.75, 3.05) is 18.0 Å². The highest BCUT2D eigenvalue weighted by atomic mass is 15.3. The Morgan fingerprint density at radius 2 is 2.17 bits per heavy atom. The van der Waals surface area contributed by atoms with E-state index in [-0.39, 0.29) is 0 Å². The van der Waals surface area contributed by atoms with Crippen molar-refractivity contribution in [3.05, 3.63) is 11.4 Å². The molecule has 0 aromatic carbocycles. The molecule has 0 saturated carbocycles. The standard InChI is InChI=1S/C8H14N4/c1-5-6(2)11-8(10-5)12-3-7(9)4-12/h7H,3-4,9H2,1-2H3,(H,10,11). The molecule has 0 amide bonds. The van der Waals surface area contributed by atoms with Gasteiger partial charge in [-0.1, -0.05) is 0 Å². The van der Waals surface area contributed by atoms with Gasteiger partial charge in [-0.2, -0.15) is 0 Å². The van der Waals surface area contributed by atoms with Crippen molar-refractivity contribution in [1.29, 1.82) is 0 Å². The van der Waals surface area contributed by atoms with Crippen molar-refractivity contribution in [2.24, 2.45) is 5.73 Å². The molecular formula is C8H14N4. The number of nitrogens with two attached hydrogens (primary N) is 1. The number of aromatic nitrogens is 2. The first kappa shape index (κ1) is 7.61. The van der Waals surface area contributed by atoms with Gasteiger partial charge in [-0.15, -0.1) is 0 Å². The van der Waals surface area contributed by atoms with Crippen LogP contribution in [0, 0.1) is 13.8 Å². The van der Waals surface area contributed by atoms with Gasteiger partial charge in [0.25, 0.3) is 0 Å². The molecule has 0 unspecified atom stereocenters. The van der Waals surface area contributed by atoms with Crippen LogP contribution in [0.5, 0.6) is 0 Å². The van der Waals surface area contributed by atoms with Gasteiger partial charge in [0, 0.05) is 24.8 Å². The molecule has 1 aromatic heterocycles. The molecule has 1 aromatic rings. The molecular weight excluding hydrogens is 152 g/mol. The van der Waals surface area contributed by atoms with Crippen LogP contribution in [-0.4, -0.2) is 29.1 Å².